The van der Waals surface area contributed by atoms with Crippen molar-refractivity contribution in [2.24, 2.45) is 0 Å². The van der Waals surface area contributed by atoms with Crippen molar-refractivity contribution in [3.05, 3.63) is 63.9 Å². The van der Waals surface area contributed by atoms with Gasteiger partial charge < -0.3 is 4.90 Å². The van der Waals surface area contributed by atoms with E-state index in [4.69, 9.17) is 0 Å². The molecular weight excluding hydrogens is 386 g/mol. The second kappa shape index (κ2) is 6.13. The van der Waals surface area contributed by atoms with E-state index < -0.39 is 0 Å². The Morgan fingerprint density at radius 3 is 2.50 bits per heavy atom. The molecule has 2 rings (SSSR count). The summed E-state index contributed by atoms with van der Waals surface area (Å²) in [6, 6.07) is 10.2. The molecule has 3 heteroatoms. The van der Waals surface area contributed by atoms with E-state index in [0.717, 1.165) is 15.0 Å². The van der Waals surface area contributed by atoms with Crippen molar-refractivity contribution < 1.29 is 32.7 Å². The van der Waals surface area contributed by atoms with E-state index in [-0.39, 0.29) is 32.7 Å². The predicted molar refractivity (Wildman–Crippen MR) is 72.1 cm³/mol. The van der Waals surface area contributed by atoms with E-state index in [2.05, 4.69) is 52.3 Å². The number of allylic oxidation sites excluding steroid dienone is 3. The Bertz CT molecular complexity index is 448. The second-order valence-electron chi connectivity index (χ2n) is 3.36. The van der Waals surface area contributed by atoms with Crippen LogP contribution in [0, 0.1) is 6.08 Å². The zero-order chi connectivity index (χ0) is 10.8. The number of hydrogen-bond acceptors (Lipinski definition) is 1. The first-order chi connectivity index (χ1) is 7.20. The molecule has 1 aliphatic heterocycles. The van der Waals surface area contributed by atoms with Crippen LogP contribution in [0.15, 0.2) is 52.3 Å². The van der Waals surface area contributed by atoms with Crippen molar-refractivity contribution in [3.63, 3.8) is 0 Å². The van der Waals surface area contributed by atoms with Crippen LogP contribution in [0.1, 0.15) is 5.56 Å². The van der Waals surface area contributed by atoms with Gasteiger partial charge in [-0.25, -0.2) is 0 Å². The van der Waals surface area contributed by atoms with Gasteiger partial charge in [-0.3, -0.25) is 0 Å². The third-order valence-electron chi connectivity index (χ3n) is 2.40. The Morgan fingerprint density at radius 2 is 1.88 bits per heavy atom. The first-order valence-corrected chi connectivity index (χ1v) is 5.75. The van der Waals surface area contributed by atoms with Gasteiger partial charge in [-0.2, -0.15) is 12.2 Å². The average molecular weight is 397 g/mol. The molecule has 0 saturated carbocycles. The van der Waals surface area contributed by atoms with Crippen LogP contribution >= 0.6 is 22.6 Å². The minimum atomic E-state index is 0. The number of hydrogen-bond donors (Lipinski definition) is 0. The zero-order valence-electron chi connectivity index (χ0n) is 9.07. The Balaban J connectivity index is 0.00000128. The molecule has 1 aromatic carbocycles. The fourth-order valence-corrected chi connectivity index (χ4v) is 2.00. The molecule has 0 N–H and O–H groups in total. The average Bonchev–Trinajstić information content (AvgIpc) is 2.27. The van der Waals surface area contributed by atoms with Gasteiger partial charge in [0.2, 0.25) is 0 Å². The molecule has 0 atom stereocenters. The van der Waals surface area contributed by atoms with E-state index in [1.807, 2.05) is 31.3 Å². The Morgan fingerprint density at radius 1 is 1.25 bits per heavy atom. The summed E-state index contributed by atoms with van der Waals surface area (Å²) in [5.41, 5.74) is 3.26. The standard InChI is InChI=1S/C13H11IN.Y/c1-10-12(14)8-9-13(15(10)2)11-6-4-3-5-7-11;/h3-8H,1H2,2H3;/q-1;. The molecule has 79 valence electrons. The summed E-state index contributed by atoms with van der Waals surface area (Å²) < 4.78 is 1.13. The van der Waals surface area contributed by atoms with Crippen molar-refractivity contribution in [2.45, 2.75) is 0 Å². The molecule has 0 fully saturated rings. The Kier molecular flexibility index (Phi) is 5.41. The van der Waals surface area contributed by atoms with Gasteiger partial charge in [0.25, 0.3) is 0 Å². The molecule has 0 aromatic heterocycles. The van der Waals surface area contributed by atoms with Gasteiger partial charge in [0.1, 0.15) is 0 Å². The number of halogens is 1. The number of rotatable bonds is 1. The summed E-state index contributed by atoms with van der Waals surface area (Å²) in [5.74, 6) is 0. The van der Waals surface area contributed by atoms with Crippen LogP contribution in [0.2, 0.25) is 0 Å². The third kappa shape index (κ3) is 2.85. The van der Waals surface area contributed by atoms with Crippen LogP contribution < -0.4 is 0 Å². The van der Waals surface area contributed by atoms with Crippen LogP contribution in [-0.4, -0.2) is 11.9 Å². The molecule has 1 aromatic rings. The normalized spacial score (nSPS) is 15.1. The maximum absolute atomic E-state index is 4.04. The first kappa shape index (κ1) is 14.1. The van der Waals surface area contributed by atoms with E-state index in [1.54, 1.807) is 0 Å². The van der Waals surface area contributed by atoms with Gasteiger partial charge in [-0.15, -0.1) is 34.7 Å². The Labute approximate surface area is 135 Å². The largest absolute Gasteiger partial charge is 0.378 e. The van der Waals surface area contributed by atoms with Gasteiger partial charge in [0, 0.05) is 39.8 Å². The predicted octanol–water partition coefficient (Wildman–Crippen LogP) is 3.61. The van der Waals surface area contributed by atoms with Gasteiger partial charge in [0.05, 0.1) is 0 Å². The Hall–Kier alpha value is 0.0739. The first-order valence-electron chi connectivity index (χ1n) is 4.67. The van der Waals surface area contributed by atoms with Crippen molar-refractivity contribution in [2.75, 3.05) is 7.05 Å². The molecular formula is C13H11INY-. The number of likely N-dealkylation sites (N-methyl/N-ethyl adjacent to an activating group) is 1. The van der Waals surface area contributed by atoms with Crippen LogP contribution in [0.5, 0.6) is 0 Å². The number of benzene rings is 1. The minimum Gasteiger partial charge on any atom is -0.378 e. The van der Waals surface area contributed by atoms with Gasteiger partial charge >= 0.3 is 0 Å². The fraction of sp³-hybridized carbons (Fsp3) is 0.0769. The van der Waals surface area contributed by atoms with Gasteiger partial charge in [-0.1, -0.05) is 39.6 Å². The summed E-state index contributed by atoms with van der Waals surface area (Å²) in [5, 5.41) is 0. The van der Waals surface area contributed by atoms with Crippen LogP contribution in [-0.2, 0) is 32.7 Å². The van der Waals surface area contributed by atoms with Crippen LogP contribution in [0.25, 0.3) is 5.70 Å². The molecule has 1 nitrogen and oxygen atoms in total. The molecule has 0 aliphatic carbocycles. The smallest absolute Gasteiger partial charge is 0.00849 e. The minimum absolute atomic E-state index is 0. The summed E-state index contributed by atoms with van der Waals surface area (Å²) in [6.07, 6.45) is 5.25. The molecule has 1 heterocycles. The third-order valence-corrected chi connectivity index (χ3v) is 3.33. The molecule has 1 aliphatic rings. The van der Waals surface area contributed by atoms with E-state index in [0.29, 0.717) is 0 Å². The molecule has 1 radical (unpaired) electrons. The van der Waals surface area contributed by atoms with Crippen LogP contribution in [0.4, 0.5) is 0 Å². The quantitative estimate of drug-likeness (QED) is 0.517. The van der Waals surface area contributed by atoms with Crippen LogP contribution in [0.3, 0.4) is 0 Å². The summed E-state index contributed by atoms with van der Waals surface area (Å²) >= 11 is 2.27. The zero-order valence-corrected chi connectivity index (χ0v) is 14.1. The van der Waals surface area contributed by atoms with Crippen molar-refractivity contribution in [3.8, 4) is 0 Å². The molecule has 0 bridgehead atoms. The molecule has 0 saturated heterocycles. The van der Waals surface area contributed by atoms with E-state index in [1.165, 1.54) is 5.56 Å². The SMILES string of the molecule is C=C1C(I)=C[C-]=C(c2ccccc2)N1C.[Y]. The van der Waals surface area contributed by atoms with E-state index in [9.17, 15) is 0 Å². The maximum Gasteiger partial charge on any atom is 0.00849 e. The fourth-order valence-electron chi connectivity index (χ4n) is 1.48. The van der Waals surface area contributed by atoms with Crippen molar-refractivity contribution in [1.29, 1.82) is 0 Å². The van der Waals surface area contributed by atoms with Crippen molar-refractivity contribution >= 4 is 28.3 Å². The summed E-state index contributed by atoms with van der Waals surface area (Å²) in [6.45, 7) is 4.04. The van der Waals surface area contributed by atoms with Gasteiger partial charge in [0.15, 0.2) is 0 Å². The summed E-state index contributed by atoms with van der Waals surface area (Å²) in [4.78, 5) is 2.07. The monoisotopic (exact) mass is 397 g/mol. The maximum atomic E-state index is 4.04. The second-order valence-corrected chi connectivity index (χ2v) is 4.52. The van der Waals surface area contributed by atoms with E-state index >= 15 is 0 Å². The number of nitrogens with zero attached hydrogens (tertiary/aromatic N) is 1. The topological polar surface area (TPSA) is 3.24 Å². The molecule has 0 unspecified atom stereocenters. The molecule has 0 spiro atoms. The molecule has 16 heavy (non-hydrogen) atoms. The molecule has 0 amide bonds. The summed E-state index contributed by atoms with van der Waals surface area (Å²) in [7, 11) is 2.02. The van der Waals surface area contributed by atoms with Crippen molar-refractivity contribution in [1.82, 2.24) is 4.90 Å². The van der Waals surface area contributed by atoms with Gasteiger partial charge in [-0.05, 0) is 5.70 Å².